The first-order valence-electron chi connectivity index (χ1n) is 8.76. The zero-order valence-electron chi connectivity index (χ0n) is 13.4. The van der Waals surface area contributed by atoms with Crippen LogP contribution in [0.2, 0.25) is 0 Å². The first kappa shape index (κ1) is 15.3. The number of carbonyl (C=O) groups excluding carboxylic acids is 1. The van der Waals surface area contributed by atoms with E-state index in [9.17, 15) is 4.79 Å². The van der Waals surface area contributed by atoms with E-state index in [0.29, 0.717) is 23.2 Å². The molecule has 1 heterocycles. The van der Waals surface area contributed by atoms with Crippen LogP contribution >= 0.6 is 0 Å². The van der Waals surface area contributed by atoms with Gasteiger partial charge in [0.25, 0.3) is 0 Å². The molecule has 0 aromatic rings. The van der Waals surface area contributed by atoms with Crippen LogP contribution in [0, 0.1) is 17.3 Å². The number of hydrogen-bond acceptors (Lipinski definition) is 3. The van der Waals surface area contributed by atoms with Gasteiger partial charge in [0, 0.05) is 37.5 Å². The minimum atomic E-state index is 0.300. The minimum absolute atomic E-state index is 0.300. The lowest BCUT2D eigenvalue weighted by molar-refractivity contribution is -0.123. The summed E-state index contributed by atoms with van der Waals surface area (Å²) < 4.78 is 5.46. The molecule has 3 aliphatic rings. The van der Waals surface area contributed by atoms with Crippen LogP contribution in [-0.4, -0.2) is 50.2 Å². The highest BCUT2D eigenvalue weighted by Crippen LogP contribution is 2.39. The molecule has 4 nitrogen and oxygen atoms in total. The first-order chi connectivity index (χ1) is 10.2. The Bertz CT molecular complexity index is 360. The molecule has 0 aromatic heterocycles. The highest BCUT2D eigenvalue weighted by molar-refractivity contribution is 5.81. The summed E-state index contributed by atoms with van der Waals surface area (Å²) in [6.07, 6.45) is 7.62. The third-order valence-corrected chi connectivity index (χ3v) is 5.66. The number of morpholine rings is 1. The van der Waals surface area contributed by atoms with E-state index in [0.717, 1.165) is 45.8 Å². The predicted molar refractivity (Wildman–Crippen MR) is 83.1 cm³/mol. The van der Waals surface area contributed by atoms with Crippen LogP contribution in [0.1, 0.15) is 45.4 Å². The largest absolute Gasteiger partial charge is 0.379 e. The lowest BCUT2D eigenvalue weighted by Gasteiger charge is -2.42. The van der Waals surface area contributed by atoms with E-state index >= 15 is 0 Å². The van der Waals surface area contributed by atoms with Gasteiger partial charge in [0.1, 0.15) is 0 Å². The summed E-state index contributed by atoms with van der Waals surface area (Å²) in [4.78, 5) is 14.7. The SMILES string of the molecule is CC1CC1C(=O)NCC1(CN2CCOCC2)CCCCC1. The average Bonchev–Trinajstić information content (AvgIpc) is 3.24. The van der Waals surface area contributed by atoms with Crippen LogP contribution in [0.4, 0.5) is 0 Å². The Morgan fingerprint density at radius 1 is 1.24 bits per heavy atom. The topological polar surface area (TPSA) is 41.6 Å². The zero-order valence-corrected chi connectivity index (χ0v) is 13.4. The van der Waals surface area contributed by atoms with E-state index in [1.165, 1.54) is 32.1 Å². The molecule has 2 atom stereocenters. The maximum Gasteiger partial charge on any atom is 0.223 e. The summed E-state index contributed by atoms with van der Waals surface area (Å²) in [7, 11) is 0. The van der Waals surface area contributed by atoms with Crippen molar-refractivity contribution < 1.29 is 9.53 Å². The van der Waals surface area contributed by atoms with Crippen molar-refractivity contribution in [1.82, 2.24) is 10.2 Å². The summed E-state index contributed by atoms with van der Waals surface area (Å²) in [5.41, 5.74) is 0.309. The minimum Gasteiger partial charge on any atom is -0.379 e. The van der Waals surface area contributed by atoms with E-state index < -0.39 is 0 Å². The lowest BCUT2D eigenvalue weighted by Crippen LogP contribution is -2.49. The summed E-state index contributed by atoms with van der Waals surface area (Å²) in [5, 5.41) is 3.28. The van der Waals surface area contributed by atoms with Crippen molar-refractivity contribution in [3.05, 3.63) is 0 Å². The Balaban J connectivity index is 1.55. The summed E-state index contributed by atoms with van der Waals surface area (Å²) in [5.74, 6) is 1.20. The molecule has 4 heteroatoms. The molecule has 1 N–H and O–H groups in total. The second-order valence-corrected chi connectivity index (χ2v) is 7.49. The molecule has 21 heavy (non-hydrogen) atoms. The molecule has 1 amide bonds. The fourth-order valence-electron chi connectivity index (χ4n) is 4.02. The van der Waals surface area contributed by atoms with Crippen molar-refractivity contribution in [2.75, 3.05) is 39.4 Å². The van der Waals surface area contributed by atoms with E-state index in [-0.39, 0.29) is 0 Å². The van der Waals surface area contributed by atoms with E-state index in [1.54, 1.807) is 0 Å². The summed E-state index contributed by atoms with van der Waals surface area (Å²) >= 11 is 0. The lowest BCUT2D eigenvalue weighted by atomic mass is 9.73. The van der Waals surface area contributed by atoms with E-state index in [1.807, 2.05) is 0 Å². The fraction of sp³-hybridized carbons (Fsp3) is 0.941. The number of rotatable bonds is 5. The Hall–Kier alpha value is -0.610. The molecule has 2 saturated carbocycles. The standard InChI is InChI=1S/C17H30N2O2/c1-14-11-15(14)16(20)18-12-17(5-3-2-4-6-17)13-19-7-9-21-10-8-19/h14-15H,2-13H2,1H3,(H,18,20). The van der Waals surface area contributed by atoms with Crippen LogP contribution in [0.25, 0.3) is 0 Å². The number of ether oxygens (including phenoxy) is 1. The van der Waals surface area contributed by atoms with Crippen molar-refractivity contribution in [2.45, 2.75) is 45.4 Å². The molecule has 0 aromatic carbocycles. The second kappa shape index (κ2) is 6.66. The molecular weight excluding hydrogens is 264 g/mol. The summed E-state index contributed by atoms with van der Waals surface area (Å²) in [6, 6.07) is 0. The average molecular weight is 294 g/mol. The quantitative estimate of drug-likeness (QED) is 0.843. The van der Waals surface area contributed by atoms with E-state index in [4.69, 9.17) is 4.74 Å². The molecular formula is C17H30N2O2. The number of amides is 1. The second-order valence-electron chi connectivity index (χ2n) is 7.49. The molecule has 0 bridgehead atoms. The van der Waals surface area contributed by atoms with Crippen LogP contribution in [0.3, 0.4) is 0 Å². The van der Waals surface area contributed by atoms with Crippen molar-refractivity contribution in [2.24, 2.45) is 17.3 Å². The highest BCUT2D eigenvalue weighted by atomic mass is 16.5. The molecule has 2 aliphatic carbocycles. The smallest absolute Gasteiger partial charge is 0.223 e. The van der Waals surface area contributed by atoms with Gasteiger partial charge < -0.3 is 10.1 Å². The van der Waals surface area contributed by atoms with Crippen molar-refractivity contribution in [3.63, 3.8) is 0 Å². The monoisotopic (exact) mass is 294 g/mol. The van der Waals surface area contributed by atoms with Crippen molar-refractivity contribution in [1.29, 1.82) is 0 Å². The molecule has 2 unspecified atom stereocenters. The molecule has 0 spiro atoms. The molecule has 3 rings (SSSR count). The number of hydrogen-bond donors (Lipinski definition) is 1. The van der Waals surface area contributed by atoms with Crippen LogP contribution in [0.5, 0.6) is 0 Å². The number of carbonyl (C=O) groups is 1. The van der Waals surface area contributed by atoms with Crippen LogP contribution in [-0.2, 0) is 9.53 Å². The molecule has 0 radical (unpaired) electrons. The first-order valence-corrected chi connectivity index (χ1v) is 8.76. The van der Waals surface area contributed by atoms with Crippen molar-refractivity contribution in [3.8, 4) is 0 Å². The zero-order chi connectivity index (χ0) is 14.7. The van der Waals surface area contributed by atoms with Crippen LogP contribution < -0.4 is 5.32 Å². The number of nitrogens with zero attached hydrogens (tertiary/aromatic N) is 1. The van der Waals surface area contributed by atoms with Gasteiger partial charge in [-0.2, -0.15) is 0 Å². The van der Waals surface area contributed by atoms with Gasteiger partial charge in [0.15, 0.2) is 0 Å². The van der Waals surface area contributed by atoms with Gasteiger partial charge in [-0.05, 0) is 25.2 Å². The Labute approximate surface area is 128 Å². The van der Waals surface area contributed by atoms with Gasteiger partial charge in [-0.3, -0.25) is 9.69 Å². The maximum atomic E-state index is 12.1. The molecule has 120 valence electrons. The van der Waals surface area contributed by atoms with Gasteiger partial charge in [0.2, 0.25) is 5.91 Å². The molecule has 1 aliphatic heterocycles. The Morgan fingerprint density at radius 3 is 2.52 bits per heavy atom. The fourth-order valence-corrected chi connectivity index (χ4v) is 4.02. The predicted octanol–water partition coefficient (Wildman–Crippen LogP) is 2.04. The van der Waals surface area contributed by atoms with Gasteiger partial charge in [0.05, 0.1) is 13.2 Å². The maximum absolute atomic E-state index is 12.1. The summed E-state index contributed by atoms with van der Waals surface area (Å²) in [6.45, 7) is 8.02. The Kier molecular flexibility index (Phi) is 4.85. The Morgan fingerprint density at radius 2 is 1.90 bits per heavy atom. The highest BCUT2D eigenvalue weighted by Gasteiger charge is 2.41. The number of nitrogens with one attached hydrogen (secondary N) is 1. The third kappa shape index (κ3) is 3.98. The van der Waals surface area contributed by atoms with Gasteiger partial charge in [-0.15, -0.1) is 0 Å². The van der Waals surface area contributed by atoms with Gasteiger partial charge in [-0.1, -0.05) is 26.2 Å². The van der Waals surface area contributed by atoms with Gasteiger partial charge >= 0.3 is 0 Å². The third-order valence-electron chi connectivity index (χ3n) is 5.66. The van der Waals surface area contributed by atoms with E-state index in [2.05, 4.69) is 17.1 Å². The molecule has 3 fully saturated rings. The normalized spacial score (nSPS) is 32.6. The van der Waals surface area contributed by atoms with Crippen molar-refractivity contribution >= 4 is 5.91 Å². The molecule has 1 saturated heterocycles. The van der Waals surface area contributed by atoms with Gasteiger partial charge in [-0.25, -0.2) is 0 Å². The van der Waals surface area contributed by atoms with Crippen LogP contribution in [0.15, 0.2) is 0 Å².